The Labute approximate surface area is 260 Å². The van der Waals surface area contributed by atoms with Crippen molar-refractivity contribution in [3.05, 3.63) is 68.0 Å². The van der Waals surface area contributed by atoms with Gasteiger partial charge in [0.2, 0.25) is 0 Å². The molecule has 0 N–H and O–H groups in total. The summed E-state index contributed by atoms with van der Waals surface area (Å²) < 4.78 is 0. The van der Waals surface area contributed by atoms with Gasteiger partial charge in [-0.25, -0.2) is 0 Å². The monoisotopic (exact) mass is 620 g/mol. The number of thiophene rings is 4. The Morgan fingerprint density at radius 3 is 1.48 bits per heavy atom. The van der Waals surface area contributed by atoms with Gasteiger partial charge in [0.05, 0.1) is 9.75 Å². The van der Waals surface area contributed by atoms with Crippen molar-refractivity contribution in [1.29, 1.82) is 0 Å². The van der Waals surface area contributed by atoms with Crippen LogP contribution in [-0.4, -0.2) is 8.07 Å². The number of rotatable bonds is 12. The molecule has 0 aliphatic heterocycles. The molecule has 0 saturated carbocycles. The zero-order chi connectivity index (χ0) is 28.8. The van der Waals surface area contributed by atoms with E-state index in [1.165, 1.54) is 98.3 Å². The summed E-state index contributed by atoms with van der Waals surface area (Å²) in [4.78, 5) is 10.7. The number of terminal acetylenes is 1. The molecule has 0 aliphatic rings. The normalized spacial score (nSPS) is 10.9. The zero-order valence-corrected chi connectivity index (χ0v) is 29.2. The van der Waals surface area contributed by atoms with Gasteiger partial charge in [0, 0.05) is 29.3 Å². The predicted octanol–water partition coefficient (Wildman–Crippen LogP) is 12.4. The second-order valence-electron chi connectivity index (χ2n) is 11.1. The highest BCUT2D eigenvalue weighted by atomic mass is 32.1. The summed E-state index contributed by atoms with van der Waals surface area (Å²) >= 11 is 7.40. The van der Waals surface area contributed by atoms with Crippen molar-refractivity contribution in [2.45, 2.75) is 97.7 Å². The number of unbranched alkanes of at least 4 members (excludes halogenated alkanes) is 6. The van der Waals surface area contributed by atoms with Gasteiger partial charge < -0.3 is 0 Å². The van der Waals surface area contributed by atoms with Gasteiger partial charge in [-0.2, -0.15) is 0 Å². The van der Waals surface area contributed by atoms with Crippen LogP contribution >= 0.6 is 45.3 Å². The molecular formula is C35H44S4Si. The Morgan fingerprint density at radius 1 is 0.575 bits per heavy atom. The molecule has 0 saturated heterocycles. The summed E-state index contributed by atoms with van der Waals surface area (Å²) in [5.74, 6) is 6.06. The molecule has 0 amide bonds. The van der Waals surface area contributed by atoms with Crippen LogP contribution in [0.1, 0.15) is 84.7 Å². The Kier molecular flexibility index (Phi) is 14.0. The third-order valence-corrected chi connectivity index (χ3v) is 11.9. The standard InChI is InChI=1S/C19H26S2Si.C16H18S2/c1-5-6-7-8-9-16-10-12-18(20-16)19-13-11-17(21-19)14-15-22(2,3)4;1-3-5-6-7-8-14-10-12-16(18-14)15-11-9-13(4-2)17-15/h10-13H,5-9H2,1-4H3;2,9-12H,3,5-8H2,1H3. The van der Waals surface area contributed by atoms with Crippen molar-refractivity contribution in [3.8, 4) is 43.3 Å². The van der Waals surface area contributed by atoms with Crippen LogP contribution in [-0.2, 0) is 12.8 Å². The highest BCUT2D eigenvalue weighted by molar-refractivity contribution is 7.23. The number of hydrogen-bond donors (Lipinski definition) is 0. The number of hydrogen-bond acceptors (Lipinski definition) is 4. The Balaban J connectivity index is 0.000000225. The van der Waals surface area contributed by atoms with Crippen molar-refractivity contribution in [2.75, 3.05) is 0 Å². The summed E-state index contributed by atoms with van der Waals surface area (Å²) in [5, 5.41) is 0. The van der Waals surface area contributed by atoms with Gasteiger partial charge >= 0.3 is 0 Å². The predicted molar refractivity (Wildman–Crippen MR) is 189 cm³/mol. The molecule has 0 unspecified atom stereocenters. The van der Waals surface area contributed by atoms with Gasteiger partial charge in [0.15, 0.2) is 0 Å². The first kappa shape index (κ1) is 32.6. The topological polar surface area (TPSA) is 0 Å². The summed E-state index contributed by atoms with van der Waals surface area (Å²) in [6.45, 7) is 11.4. The lowest BCUT2D eigenvalue weighted by Crippen LogP contribution is -2.16. The maximum Gasteiger partial charge on any atom is 0.129 e. The minimum atomic E-state index is -1.28. The van der Waals surface area contributed by atoms with E-state index in [1.807, 2.05) is 40.1 Å². The molecule has 0 radical (unpaired) electrons. The van der Waals surface area contributed by atoms with E-state index in [-0.39, 0.29) is 0 Å². The van der Waals surface area contributed by atoms with Gasteiger partial charge in [-0.1, -0.05) is 83.9 Å². The van der Waals surface area contributed by atoms with Crippen LogP contribution in [0, 0.1) is 23.8 Å². The third kappa shape index (κ3) is 11.6. The molecule has 4 aromatic heterocycles. The second kappa shape index (κ2) is 17.2. The van der Waals surface area contributed by atoms with Crippen LogP contribution in [0.25, 0.3) is 19.5 Å². The summed E-state index contributed by atoms with van der Waals surface area (Å²) in [6.07, 6.45) is 18.5. The first-order chi connectivity index (χ1) is 19.3. The first-order valence-corrected chi connectivity index (χ1v) is 21.5. The van der Waals surface area contributed by atoms with Crippen molar-refractivity contribution >= 4 is 53.4 Å². The molecular weight excluding hydrogens is 577 g/mol. The lowest BCUT2D eigenvalue weighted by atomic mass is 10.1. The fourth-order valence-corrected chi connectivity index (χ4v) is 8.63. The molecule has 0 nitrogen and oxygen atoms in total. The molecule has 212 valence electrons. The van der Waals surface area contributed by atoms with Crippen molar-refractivity contribution in [2.24, 2.45) is 0 Å². The quantitative estimate of drug-likeness (QED) is 0.0839. The highest BCUT2D eigenvalue weighted by Crippen LogP contribution is 2.35. The van der Waals surface area contributed by atoms with Gasteiger partial charge in [0.25, 0.3) is 0 Å². The zero-order valence-electron chi connectivity index (χ0n) is 24.9. The molecule has 4 heterocycles. The molecule has 40 heavy (non-hydrogen) atoms. The van der Waals surface area contributed by atoms with E-state index in [0.717, 1.165) is 4.88 Å². The van der Waals surface area contributed by atoms with Crippen LogP contribution in [0.2, 0.25) is 19.6 Å². The lowest BCUT2D eigenvalue weighted by Gasteiger charge is -2.02. The van der Waals surface area contributed by atoms with Gasteiger partial charge in [-0.3, -0.25) is 0 Å². The minimum absolute atomic E-state index is 1.02. The third-order valence-electron chi connectivity index (χ3n) is 6.28. The number of aryl methyl sites for hydroxylation is 2. The van der Waals surface area contributed by atoms with E-state index in [9.17, 15) is 0 Å². The molecule has 5 heteroatoms. The van der Waals surface area contributed by atoms with E-state index >= 15 is 0 Å². The Bertz CT molecular complexity index is 1390. The average molecular weight is 621 g/mol. The summed E-state index contributed by atoms with van der Waals surface area (Å²) in [5.41, 5.74) is 3.45. The largest absolute Gasteiger partial charge is 0.139 e. The molecule has 0 spiro atoms. The molecule has 4 rings (SSSR count). The van der Waals surface area contributed by atoms with E-state index in [0.29, 0.717) is 0 Å². The van der Waals surface area contributed by atoms with E-state index in [1.54, 1.807) is 11.3 Å². The van der Waals surface area contributed by atoms with E-state index in [2.05, 4.69) is 93.3 Å². The SMILES string of the molecule is C#Cc1ccc(-c2ccc(CCCCCC)s2)s1.CCCCCCc1ccc(-c2ccc(C#C[Si](C)(C)C)s2)s1. The molecule has 0 aromatic carbocycles. The van der Waals surface area contributed by atoms with E-state index < -0.39 is 8.07 Å². The average Bonchev–Trinajstić information content (AvgIpc) is 3.74. The Morgan fingerprint density at radius 2 is 1.02 bits per heavy atom. The molecule has 4 aromatic rings. The fourth-order valence-electron chi connectivity index (χ4n) is 4.08. The molecule has 0 aliphatic carbocycles. The smallest absolute Gasteiger partial charge is 0.129 e. The van der Waals surface area contributed by atoms with Crippen LogP contribution < -0.4 is 0 Å². The molecule has 0 bridgehead atoms. The van der Waals surface area contributed by atoms with Crippen LogP contribution in [0.5, 0.6) is 0 Å². The van der Waals surface area contributed by atoms with Gasteiger partial charge in [-0.15, -0.1) is 57.3 Å². The van der Waals surface area contributed by atoms with Crippen LogP contribution in [0.4, 0.5) is 0 Å². The Hall–Kier alpha value is -1.86. The molecule has 0 fully saturated rings. The van der Waals surface area contributed by atoms with Gasteiger partial charge in [-0.05, 0) is 74.2 Å². The second-order valence-corrected chi connectivity index (χ2v) is 20.4. The molecule has 0 atom stereocenters. The summed E-state index contributed by atoms with van der Waals surface area (Å²) in [7, 11) is -1.28. The maximum atomic E-state index is 5.40. The highest BCUT2D eigenvalue weighted by Gasteiger charge is 2.09. The van der Waals surface area contributed by atoms with Crippen molar-refractivity contribution < 1.29 is 0 Å². The van der Waals surface area contributed by atoms with E-state index in [4.69, 9.17) is 6.42 Å². The first-order valence-electron chi connectivity index (χ1n) is 14.7. The van der Waals surface area contributed by atoms with Crippen molar-refractivity contribution in [3.63, 3.8) is 0 Å². The summed E-state index contributed by atoms with van der Waals surface area (Å²) in [6, 6.07) is 17.6. The minimum Gasteiger partial charge on any atom is -0.139 e. The maximum absolute atomic E-state index is 5.40. The lowest BCUT2D eigenvalue weighted by molar-refractivity contribution is 0.670. The van der Waals surface area contributed by atoms with Crippen LogP contribution in [0.3, 0.4) is 0 Å². The fraction of sp³-hybridized carbons (Fsp3) is 0.429. The van der Waals surface area contributed by atoms with Gasteiger partial charge in [0.1, 0.15) is 8.07 Å². The van der Waals surface area contributed by atoms with Crippen LogP contribution in [0.15, 0.2) is 48.5 Å². The van der Waals surface area contributed by atoms with Crippen molar-refractivity contribution in [1.82, 2.24) is 0 Å².